The van der Waals surface area contributed by atoms with Crippen molar-refractivity contribution in [2.45, 2.75) is 0 Å². The largest absolute Gasteiger partial charge is 0.369 e. The highest BCUT2D eigenvalue weighted by molar-refractivity contribution is 6.18. The summed E-state index contributed by atoms with van der Waals surface area (Å²) < 4.78 is 0. The molecule has 6 heteroatoms. The van der Waals surface area contributed by atoms with E-state index in [1.165, 1.54) is 6.20 Å². The van der Waals surface area contributed by atoms with Gasteiger partial charge in [-0.25, -0.2) is 0 Å². The zero-order chi connectivity index (χ0) is 15.8. The molecule has 0 spiro atoms. The number of pyridine rings is 1. The van der Waals surface area contributed by atoms with Crippen LogP contribution in [0.3, 0.4) is 0 Å². The Kier molecular flexibility index (Phi) is 6.49. The van der Waals surface area contributed by atoms with Crippen LogP contribution in [-0.2, 0) is 0 Å². The molecule has 116 valence electrons. The number of benzene rings is 1. The molecule has 0 unspecified atom stereocenters. The molecule has 1 aromatic heterocycles. The minimum atomic E-state index is -0.181. The van der Waals surface area contributed by atoms with E-state index in [0.29, 0.717) is 17.3 Å². The van der Waals surface area contributed by atoms with Crippen LogP contribution < -0.4 is 10.2 Å². The topological polar surface area (TPSA) is 45.2 Å². The first kappa shape index (κ1) is 16.6. The monoisotopic (exact) mass is 337 g/mol. The molecule has 0 fully saturated rings. The molecule has 2 aromatic rings. The van der Waals surface area contributed by atoms with Gasteiger partial charge in [0.2, 0.25) is 0 Å². The summed E-state index contributed by atoms with van der Waals surface area (Å²) in [4.78, 5) is 18.1. The van der Waals surface area contributed by atoms with Gasteiger partial charge >= 0.3 is 0 Å². The van der Waals surface area contributed by atoms with Gasteiger partial charge in [0.15, 0.2) is 0 Å². The first-order valence-electron chi connectivity index (χ1n) is 6.93. The Morgan fingerprint density at radius 2 is 1.77 bits per heavy atom. The molecule has 1 heterocycles. The standard InChI is InChI=1S/C16H17Cl2N3O/c17-7-10-21(11-8-18)15-5-3-14(4-6-15)20-16(22)13-2-1-9-19-12-13/h1-6,9,12H,7-8,10-11H2,(H,20,22). The van der Waals surface area contributed by atoms with Crippen molar-refractivity contribution in [2.75, 3.05) is 35.1 Å². The predicted octanol–water partition coefficient (Wildman–Crippen LogP) is 3.62. The van der Waals surface area contributed by atoms with E-state index >= 15 is 0 Å². The first-order chi connectivity index (χ1) is 10.7. The third-order valence-electron chi connectivity index (χ3n) is 3.12. The highest BCUT2D eigenvalue weighted by atomic mass is 35.5. The van der Waals surface area contributed by atoms with Crippen LogP contribution in [0.5, 0.6) is 0 Å². The molecule has 0 bridgehead atoms. The molecule has 0 aliphatic carbocycles. The molecule has 2 rings (SSSR count). The minimum Gasteiger partial charge on any atom is -0.369 e. The van der Waals surface area contributed by atoms with Crippen molar-refractivity contribution < 1.29 is 4.79 Å². The number of amides is 1. The van der Waals surface area contributed by atoms with Crippen molar-refractivity contribution in [3.63, 3.8) is 0 Å². The number of hydrogen-bond donors (Lipinski definition) is 1. The van der Waals surface area contributed by atoms with Crippen LogP contribution in [0.1, 0.15) is 10.4 Å². The number of rotatable bonds is 7. The van der Waals surface area contributed by atoms with Gasteiger partial charge in [-0.2, -0.15) is 0 Å². The lowest BCUT2D eigenvalue weighted by atomic mass is 10.2. The van der Waals surface area contributed by atoms with E-state index in [1.807, 2.05) is 24.3 Å². The first-order valence-corrected chi connectivity index (χ1v) is 8.00. The van der Waals surface area contributed by atoms with E-state index in [0.717, 1.165) is 24.5 Å². The quantitative estimate of drug-likeness (QED) is 0.785. The molecule has 0 aliphatic rings. The normalized spacial score (nSPS) is 10.3. The third kappa shape index (κ3) is 4.61. The highest BCUT2D eigenvalue weighted by Crippen LogP contribution is 2.18. The molecule has 0 atom stereocenters. The fraction of sp³-hybridized carbons (Fsp3) is 0.250. The van der Waals surface area contributed by atoms with Gasteiger partial charge in [0.05, 0.1) is 5.56 Å². The van der Waals surface area contributed by atoms with Crippen LogP contribution >= 0.6 is 23.2 Å². The average molecular weight is 338 g/mol. The summed E-state index contributed by atoms with van der Waals surface area (Å²) in [6, 6.07) is 11.1. The fourth-order valence-electron chi connectivity index (χ4n) is 2.03. The van der Waals surface area contributed by atoms with Crippen LogP contribution in [-0.4, -0.2) is 35.7 Å². The lowest BCUT2D eigenvalue weighted by Crippen LogP contribution is -2.27. The number of nitrogens with zero attached hydrogens (tertiary/aromatic N) is 2. The molecule has 0 aliphatic heterocycles. The zero-order valence-corrected chi connectivity index (χ0v) is 13.5. The van der Waals surface area contributed by atoms with Crippen LogP contribution in [0.4, 0.5) is 11.4 Å². The number of hydrogen-bond acceptors (Lipinski definition) is 3. The van der Waals surface area contributed by atoms with Gasteiger partial charge < -0.3 is 10.2 Å². The fourth-order valence-corrected chi connectivity index (χ4v) is 2.44. The maximum atomic E-state index is 12.0. The molecule has 0 saturated heterocycles. The SMILES string of the molecule is O=C(Nc1ccc(N(CCCl)CCCl)cc1)c1cccnc1. The van der Waals surface area contributed by atoms with Crippen molar-refractivity contribution in [1.82, 2.24) is 4.98 Å². The Labute approximate surface area is 140 Å². The smallest absolute Gasteiger partial charge is 0.257 e. The van der Waals surface area contributed by atoms with E-state index in [9.17, 15) is 4.79 Å². The summed E-state index contributed by atoms with van der Waals surface area (Å²) >= 11 is 11.6. The summed E-state index contributed by atoms with van der Waals surface area (Å²) in [5.74, 6) is 0.895. The predicted molar refractivity (Wildman–Crippen MR) is 92.3 cm³/mol. The Hall–Kier alpha value is -1.78. The molecule has 4 nitrogen and oxygen atoms in total. The molecular weight excluding hydrogens is 321 g/mol. The van der Waals surface area contributed by atoms with Crippen LogP contribution in [0.2, 0.25) is 0 Å². The van der Waals surface area contributed by atoms with Crippen molar-refractivity contribution in [1.29, 1.82) is 0 Å². The van der Waals surface area contributed by atoms with Gasteiger partial charge in [-0.15, -0.1) is 23.2 Å². The van der Waals surface area contributed by atoms with Gasteiger partial charge in [-0.05, 0) is 36.4 Å². The Balaban J connectivity index is 2.03. The molecule has 22 heavy (non-hydrogen) atoms. The van der Waals surface area contributed by atoms with Crippen LogP contribution in [0.25, 0.3) is 0 Å². The van der Waals surface area contributed by atoms with Gasteiger partial charge in [-0.1, -0.05) is 0 Å². The van der Waals surface area contributed by atoms with E-state index in [2.05, 4.69) is 15.2 Å². The lowest BCUT2D eigenvalue weighted by Gasteiger charge is -2.23. The van der Waals surface area contributed by atoms with Gasteiger partial charge in [-0.3, -0.25) is 9.78 Å². The number of carbonyl (C=O) groups is 1. The number of anilines is 2. The molecule has 0 saturated carbocycles. The van der Waals surface area contributed by atoms with Crippen molar-refractivity contribution in [3.8, 4) is 0 Å². The van der Waals surface area contributed by atoms with E-state index < -0.39 is 0 Å². The second-order valence-electron chi connectivity index (χ2n) is 4.61. The summed E-state index contributed by atoms with van der Waals surface area (Å²) in [5, 5.41) is 2.84. The summed E-state index contributed by atoms with van der Waals surface area (Å²) in [5.41, 5.74) is 2.28. The number of alkyl halides is 2. The van der Waals surface area contributed by atoms with Crippen molar-refractivity contribution in [3.05, 3.63) is 54.4 Å². The summed E-state index contributed by atoms with van der Waals surface area (Å²) in [6.45, 7) is 1.46. The molecule has 1 aromatic carbocycles. The van der Waals surface area contributed by atoms with Crippen molar-refractivity contribution in [2.24, 2.45) is 0 Å². The maximum Gasteiger partial charge on any atom is 0.257 e. The van der Waals surface area contributed by atoms with E-state index in [4.69, 9.17) is 23.2 Å². The third-order valence-corrected chi connectivity index (χ3v) is 3.46. The number of nitrogens with one attached hydrogen (secondary N) is 1. The van der Waals surface area contributed by atoms with Crippen LogP contribution in [0, 0.1) is 0 Å². The Bertz CT molecular complexity index is 584. The van der Waals surface area contributed by atoms with Gasteiger partial charge in [0.25, 0.3) is 5.91 Å². The zero-order valence-electron chi connectivity index (χ0n) is 12.0. The number of halogens is 2. The van der Waals surface area contributed by atoms with E-state index in [1.54, 1.807) is 18.3 Å². The minimum absolute atomic E-state index is 0.181. The maximum absolute atomic E-state index is 12.0. The average Bonchev–Trinajstić information content (AvgIpc) is 2.56. The van der Waals surface area contributed by atoms with E-state index in [-0.39, 0.29) is 5.91 Å². The summed E-state index contributed by atoms with van der Waals surface area (Å²) in [6.07, 6.45) is 3.17. The summed E-state index contributed by atoms with van der Waals surface area (Å²) in [7, 11) is 0. The molecular formula is C16H17Cl2N3O. The second-order valence-corrected chi connectivity index (χ2v) is 5.36. The van der Waals surface area contributed by atoms with Gasteiger partial charge in [0.1, 0.15) is 0 Å². The molecule has 1 amide bonds. The Morgan fingerprint density at radius 1 is 1.09 bits per heavy atom. The van der Waals surface area contributed by atoms with Crippen LogP contribution in [0.15, 0.2) is 48.8 Å². The Morgan fingerprint density at radius 3 is 2.32 bits per heavy atom. The molecule has 1 N–H and O–H groups in total. The second kappa shape index (κ2) is 8.61. The van der Waals surface area contributed by atoms with Crippen molar-refractivity contribution >= 4 is 40.5 Å². The molecule has 0 radical (unpaired) electrons. The number of carbonyl (C=O) groups excluding carboxylic acids is 1. The number of aromatic nitrogens is 1. The lowest BCUT2D eigenvalue weighted by molar-refractivity contribution is 0.102. The van der Waals surface area contributed by atoms with Gasteiger partial charge in [0, 0.05) is 48.6 Å². The highest BCUT2D eigenvalue weighted by Gasteiger charge is 2.08.